The Labute approximate surface area is 182 Å². The van der Waals surface area contributed by atoms with Gasteiger partial charge in [0.15, 0.2) is 5.96 Å². The van der Waals surface area contributed by atoms with Gasteiger partial charge >= 0.3 is 0 Å². The zero-order valence-electron chi connectivity index (χ0n) is 17.9. The zero-order chi connectivity index (χ0) is 21.3. The molecule has 7 nitrogen and oxygen atoms in total. The number of nitrogens with one attached hydrogen (secondary N) is 2. The summed E-state index contributed by atoms with van der Waals surface area (Å²) in [6.45, 7) is 8.59. The number of imide groups is 1. The van der Waals surface area contributed by atoms with Gasteiger partial charge in [0.2, 0.25) is 11.8 Å². The van der Waals surface area contributed by atoms with E-state index in [1.807, 2.05) is 6.92 Å². The van der Waals surface area contributed by atoms with Crippen LogP contribution in [-0.2, 0) is 16.0 Å². The number of nitrogens with zero attached hydrogens (tertiary/aromatic N) is 3. The number of carbonyl (C=O) groups is 2. The first-order chi connectivity index (χ1) is 14.5. The van der Waals surface area contributed by atoms with Gasteiger partial charge in [0, 0.05) is 43.9 Å². The van der Waals surface area contributed by atoms with Crippen molar-refractivity contribution >= 4 is 29.1 Å². The second kappa shape index (κ2) is 8.88. The van der Waals surface area contributed by atoms with E-state index in [1.54, 1.807) is 11.3 Å². The summed E-state index contributed by atoms with van der Waals surface area (Å²) in [6, 6.07) is 0. The second-order valence-electron chi connectivity index (χ2n) is 8.60. The molecule has 4 atom stereocenters. The van der Waals surface area contributed by atoms with Crippen LogP contribution in [0.3, 0.4) is 0 Å². The SMILES string of the molecule is CCNC(=NCCc1csc(C(C)C)n1)NCCN1C(=O)C2C3C=CC(C3)C2C1=O. The largest absolute Gasteiger partial charge is 0.357 e. The summed E-state index contributed by atoms with van der Waals surface area (Å²) < 4.78 is 0. The Morgan fingerprint density at radius 2 is 1.93 bits per heavy atom. The van der Waals surface area contributed by atoms with E-state index in [0.717, 1.165) is 30.1 Å². The molecule has 2 fully saturated rings. The first-order valence-corrected chi connectivity index (χ1v) is 11.9. The van der Waals surface area contributed by atoms with Crippen LogP contribution in [0.4, 0.5) is 0 Å². The Balaban J connectivity index is 1.27. The molecule has 2 aliphatic carbocycles. The number of amides is 2. The average molecular weight is 430 g/mol. The summed E-state index contributed by atoms with van der Waals surface area (Å²) in [5, 5.41) is 9.75. The highest BCUT2D eigenvalue weighted by atomic mass is 32.1. The van der Waals surface area contributed by atoms with Crippen molar-refractivity contribution in [2.45, 2.75) is 39.5 Å². The van der Waals surface area contributed by atoms with Crippen LogP contribution in [0.1, 0.15) is 43.8 Å². The van der Waals surface area contributed by atoms with Gasteiger partial charge < -0.3 is 10.6 Å². The van der Waals surface area contributed by atoms with Crippen LogP contribution < -0.4 is 10.6 Å². The fourth-order valence-corrected chi connectivity index (χ4v) is 5.67. The Morgan fingerprint density at radius 1 is 1.23 bits per heavy atom. The molecule has 1 saturated carbocycles. The highest BCUT2D eigenvalue weighted by molar-refractivity contribution is 7.09. The van der Waals surface area contributed by atoms with Crippen molar-refractivity contribution in [1.29, 1.82) is 0 Å². The highest BCUT2D eigenvalue weighted by Crippen LogP contribution is 2.52. The summed E-state index contributed by atoms with van der Waals surface area (Å²) in [4.78, 5) is 36.2. The Morgan fingerprint density at radius 3 is 2.53 bits per heavy atom. The lowest BCUT2D eigenvalue weighted by Crippen LogP contribution is -2.43. The van der Waals surface area contributed by atoms with Gasteiger partial charge in [0.05, 0.1) is 22.5 Å². The quantitative estimate of drug-likeness (QED) is 0.286. The Hall–Kier alpha value is -2.22. The highest BCUT2D eigenvalue weighted by Gasteiger charge is 2.58. The predicted octanol–water partition coefficient (Wildman–Crippen LogP) is 2.17. The van der Waals surface area contributed by atoms with Gasteiger partial charge in [-0.05, 0) is 25.2 Å². The summed E-state index contributed by atoms with van der Waals surface area (Å²) in [6.07, 6.45) is 6.01. The molecule has 162 valence electrons. The summed E-state index contributed by atoms with van der Waals surface area (Å²) in [5.41, 5.74) is 1.08. The van der Waals surface area contributed by atoms with Crippen LogP contribution in [0.2, 0.25) is 0 Å². The van der Waals surface area contributed by atoms with Crippen LogP contribution in [0, 0.1) is 23.7 Å². The molecule has 8 heteroatoms. The molecule has 0 aromatic carbocycles. The average Bonchev–Trinajstić information content (AvgIpc) is 3.48. The van der Waals surface area contributed by atoms with Gasteiger partial charge in [-0.1, -0.05) is 26.0 Å². The van der Waals surface area contributed by atoms with Crippen LogP contribution in [0.25, 0.3) is 0 Å². The fourth-order valence-electron chi connectivity index (χ4n) is 4.80. The minimum Gasteiger partial charge on any atom is -0.357 e. The number of hydrogen-bond donors (Lipinski definition) is 2. The molecule has 4 unspecified atom stereocenters. The maximum absolute atomic E-state index is 12.8. The Bertz CT molecular complexity index is 831. The molecule has 1 aromatic rings. The number of likely N-dealkylation sites (tertiary alicyclic amines) is 1. The molecule has 0 spiro atoms. The van der Waals surface area contributed by atoms with E-state index in [-0.39, 0.29) is 35.5 Å². The van der Waals surface area contributed by atoms with Crippen molar-refractivity contribution in [1.82, 2.24) is 20.5 Å². The summed E-state index contributed by atoms with van der Waals surface area (Å²) in [7, 11) is 0. The molecule has 0 radical (unpaired) electrons. The molecule has 3 aliphatic rings. The van der Waals surface area contributed by atoms with E-state index < -0.39 is 0 Å². The lowest BCUT2D eigenvalue weighted by molar-refractivity contribution is -0.140. The minimum atomic E-state index is -0.122. The van der Waals surface area contributed by atoms with E-state index in [2.05, 4.69) is 52.0 Å². The summed E-state index contributed by atoms with van der Waals surface area (Å²) >= 11 is 1.70. The fraction of sp³-hybridized carbons (Fsp3) is 0.636. The molecule has 2 amide bonds. The number of hydrogen-bond acceptors (Lipinski definition) is 5. The van der Waals surface area contributed by atoms with Gasteiger partial charge in [-0.15, -0.1) is 11.3 Å². The van der Waals surface area contributed by atoms with Crippen LogP contribution >= 0.6 is 11.3 Å². The second-order valence-corrected chi connectivity index (χ2v) is 9.49. The normalized spacial score (nSPS) is 27.5. The molecule has 2 heterocycles. The number of carbonyl (C=O) groups excluding carboxylic acids is 2. The number of aromatic nitrogens is 1. The molecular formula is C22H31N5O2S. The lowest BCUT2D eigenvalue weighted by atomic mass is 9.85. The molecule has 4 rings (SSSR count). The van der Waals surface area contributed by atoms with Crippen molar-refractivity contribution in [3.63, 3.8) is 0 Å². The van der Waals surface area contributed by atoms with E-state index in [0.29, 0.717) is 31.5 Å². The molecule has 1 saturated heterocycles. The van der Waals surface area contributed by atoms with Crippen LogP contribution in [0.5, 0.6) is 0 Å². The molecule has 1 aliphatic heterocycles. The van der Waals surface area contributed by atoms with Gasteiger partial charge in [0.1, 0.15) is 0 Å². The maximum atomic E-state index is 12.8. The van der Waals surface area contributed by atoms with Crippen LogP contribution in [-0.4, -0.2) is 53.8 Å². The third kappa shape index (κ3) is 4.02. The molecule has 30 heavy (non-hydrogen) atoms. The van der Waals surface area contributed by atoms with Gasteiger partial charge in [-0.3, -0.25) is 19.5 Å². The number of allylic oxidation sites excluding steroid dienone is 2. The van der Waals surface area contributed by atoms with E-state index >= 15 is 0 Å². The first kappa shape index (κ1) is 21.0. The molecule has 1 aromatic heterocycles. The van der Waals surface area contributed by atoms with E-state index in [9.17, 15) is 9.59 Å². The van der Waals surface area contributed by atoms with Crippen LogP contribution in [0.15, 0.2) is 22.5 Å². The predicted molar refractivity (Wildman–Crippen MR) is 118 cm³/mol. The molecule has 2 bridgehead atoms. The monoisotopic (exact) mass is 429 g/mol. The molecule has 2 N–H and O–H groups in total. The zero-order valence-corrected chi connectivity index (χ0v) is 18.7. The van der Waals surface area contributed by atoms with Gasteiger partial charge in [-0.2, -0.15) is 0 Å². The number of guanidine groups is 1. The standard InChI is InChI=1S/C22H31N5O2S/c1-4-23-22(24-8-7-16-12-30-19(26-16)13(2)3)25-9-10-27-20(28)17-14-5-6-15(11-14)18(17)21(27)29/h5-6,12-15,17-18H,4,7-11H2,1-3H3,(H2,23,24,25). The van der Waals surface area contributed by atoms with Crippen molar-refractivity contribution in [2.24, 2.45) is 28.7 Å². The number of aliphatic imine (C=N–C) groups is 1. The third-order valence-electron chi connectivity index (χ3n) is 6.23. The van der Waals surface area contributed by atoms with E-state index in [1.165, 1.54) is 4.90 Å². The lowest BCUT2D eigenvalue weighted by Gasteiger charge is -2.18. The number of fused-ring (bicyclic) bond motifs is 5. The number of rotatable bonds is 8. The molecular weight excluding hydrogens is 398 g/mol. The van der Waals surface area contributed by atoms with Crippen molar-refractivity contribution in [2.75, 3.05) is 26.2 Å². The van der Waals surface area contributed by atoms with Crippen molar-refractivity contribution in [3.05, 3.63) is 28.2 Å². The Kier molecular flexibility index (Phi) is 6.22. The van der Waals surface area contributed by atoms with Gasteiger partial charge in [0.25, 0.3) is 0 Å². The smallest absolute Gasteiger partial charge is 0.233 e. The number of thiazole rings is 1. The third-order valence-corrected chi connectivity index (χ3v) is 7.43. The maximum Gasteiger partial charge on any atom is 0.233 e. The van der Waals surface area contributed by atoms with Crippen molar-refractivity contribution in [3.8, 4) is 0 Å². The van der Waals surface area contributed by atoms with Gasteiger partial charge in [-0.25, -0.2) is 4.98 Å². The summed E-state index contributed by atoms with van der Waals surface area (Å²) in [5.74, 6) is 1.45. The topological polar surface area (TPSA) is 86.7 Å². The van der Waals surface area contributed by atoms with E-state index in [4.69, 9.17) is 0 Å². The first-order valence-electron chi connectivity index (χ1n) is 11.0. The van der Waals surface area contributed by atoms with Crippen molar-refractivity contribution < 1.29 is 9.59 Å². The minimum absolute atomic E-state index is 0.00933.